The Balaban J connectivity index is 1.25. The van der Waals surface area contributed by atoms with Gasteiger partial charge in [0.2, 0.25) is 0 Å². The van der Waals surface area contributed by atoms with Crippen molar-refractivity contribution in [3.05, 3.63) is 170 Å². The maximum absolute atomic E-state index is 5.29. The summed E-state index contributed by atoms with van der Waals surface area (Å²) in [5.74, 6) is 0.698. The molecule has 4 heteroatoms. The Morgan fingerprint density at radius 1 is 0.340 bits per heavy atom. The lowest BCUT2D eigenvalue weighted by atomic mass is 9.93. The van der Waals surface area contributed by atoms with Crippen molar-refractivity contribution in [2.24, 2.45) is 0 Å². The standard InChI is InChI=1S/C43H28N4/c1-5-14-29(15-6-1)41-35-24-26-37-40-38(27-25-36(39(35)40)42(46-41)30-16-7-2-8-17-30)45-43(44-37)31-18-13-23-34(28-31)47(32-19-9-3-10-20-32)33-21-11-4-12-22-33/h1-28H. The van der Waals surface area contributed by atoms with Crippen LogP contribution in [-0.4, -0.2) is 15.0 Å². The molecule has 2 heterocycles. The zero-order valence-electron chi connectivity index (χ0n) is 25.5. The molecule has 7 aromatic carbocycles. The smallest absolute Gasteiger partial charge is 0.160 e. The molecule has 0 unspecified atom stereocenters. The maximum Gasteiger partial charge on any atom is 0.160 e. The van der Waals surface area contributed by atoms with Crippen LogP contribution in [0.1, 0.15) is 0 Å². The van der Waals surface area contributed by atoms with E-state index in [-0.39, 0.29) is 0 Å². The Labute approximate surface area is 272 Å². The lowest BCUT2D eigenvalue weighted by Gasteiger charge is -2.25. The molecule has 9 rings (SSSR count). The molecule has 9 aromatic rings. The largest absolute Gasteiger partial charge is 0.310 e. The summed E-state index contributed by atoms with van der Waals surface area (Å²) in [4.78, 5) is 18.0. The number of aromatic nitrogens is 3. The molecule has 4 nitrogen and oxygen atoms in total. The number of anilines is 3. The van der Waals surface area contributed by atoms with Crippen molar-refractivity contribution in [2.45, 2.75) is 0 Å². The molecule has 0 aliphatic heterocycles. The summed E-state index contributed by atoms with van der Waals surface area (Å²) < 4.78 is 0. The fourth-order valence-electron chi connectivity index (χ4n) is 6.67. The molecular formula is C43H28N4. The van der Waals surface area contributed by atoms with Crippen LogP contribution in [0.15, 0.2) is 170 Å². The van der Waals surface area contributed by atoms with E-state index in [4.69, 9.17) is 15.0 Å². The second-order valence-electron chi connectivity index (χ2n) is 11.7. The normalized spacial score (nSPS) is 11.4. The first-order valence-electron chi connectivity index (χ1n) is 15.8. The highest BCUT2D eigenvalue weighted by molar-refractivity contribution is 6.26. The molecule has 220 valence electrons. The molecular weight excluding hydrogens is 573 g/mol. The van der Waals surface area contributed by atoms with Crippen molar-refractivity contribution < 1.29 is 0 Å². The van der Waals surface area contributed by atoms with E-state index in [2.05, 4.69) is 150 Å². The highest BCUT2D eigenvalue weighted by Crippen LogP contribution is 2.42. The van der Waals surface area contributed by atoms with E-state index in [1.165, 1.54) is 0 Å². The van der Waals surface area contributed by atoms with Crippen LogP contribution in [0.5, 0.6) is 0 Å². The van der Waals surface area contributed by atoms with E-state index in [1.54, 1.807) is 0 Å². The van der Waals surface area contributed by atoms with Gasteiger partial charge in [-0.15, -0.1) is 0 Å². The molecule has 0 N–H and O–H groups in total. The summed E-state index contributed by atoms with van der Waals surface area (Å²) in [5, 5.41) is 4.41. The van der Waals surface area contributed by atoms with Crippen molar-refractivity contribution in [3.63, 3.8) is 0 Å². The number of para-hydroxylation sites is 2. The fraction of sp³-hybridized carbons (Fsp3) is 0. The van der Waals surface area contributed by atoms with E-state index in [9.17, 15) is 0 Å². The SMILES string of the molecule is c1ccc(-c2nc(-c3ccccc3)c3ccc4nc(-c5cccc(N(c6ccccc6)c6ccccc6)c5)nc5ccc2c3c54)cc1. The van der Waals surface area contributed by atoms with E-state index < -0.39 is 0 Å². The van der Waals surface area contributed by atoms with Crippen LogP contribution in [0, 0.1) is 0 Å². The Morgan fingerprint density at radius 2 is 0.787 bits per heavy atom. The Hall–Kier alpha value is -6.39. The van der Waals surface area contributed by atoms with Crippen LogP contribution in [0.4, 0.5) is 17.1 Å². The van der Waals surface area contributed by atoms with Crippen molar-refractivity contribution in [1.82, 2.24) is 15.0 Å². The van der Waals surface area contributed by atoms with Crippen LogP contribution >= 0.6 is 0 Å². The molecule has 2 aromatic heterocycles. The number of rotatable bonds is 6. The van der Waals surface area contributed by atoms with Gasteiger partial charge >= 0.3 is 0 Å². The van der Waals surface area contributed by atoms with Gasteiger partial charge in [-0.1, -0.05) is 109 Å². The number of pyridine rings is 1. The lowest BCUT2D eigenvalue weighted by Crippen LogP contribution is -2.09. The van der Waals surface area contributed by atoms with E-state index >= 15 is 0 Å². The molecule has 0 radical (unpaired) electrons. The molecule has 0 fully saturated rings. The number of hydrogen-bond donors (Lipinski definition) is 0. The molecule has 0 spiro atoms. The van der Waals surface area contributed by atoms with Gasteiger partial charge in [-0.3, -0.25) is 0 Å². The van der Waals surface area contributed by atoms with Crippen molar-refractivity contribution in [3.8, 4) is 33.9 Å². The Morgan fingerprint density at radius 3 is 1.30 bits per heavy atom. The van der Waals surface area contributed by atoms with Crippen molar-refractivity contribution >= 4 is 49.6 Å². The summed E-state index contributed by atoms with van der Waals surface area (Å²) >= 11 is 0. The van der Waals surface area contributed by atoms with Gasteiger partial charge in [0.05, 0.1) is 22.4 Å². The fourth-order valence-corrected chi connectivity index (χ4v) is 6.67. The molecule has 0 saturated carbocycles. The van der Waals surface area contributed by atoms with E-state index in [0.717, 1.165) is 77.7 Å². The first-order chi connectivity index (χ1) is 23.3. The molecule has 0 aliphatic rings. The van der Waals surface area contributed by atoms with Crippen LogP contribution in [0.2, 0.25) is 0 Å². The van der Waals surface area contributed by atoms with Gasteiger partial charge in [0.15, 0.2) is 5.82 Å². The van der Waals surface area contributed by atoms with Crippen LogP contribution in [0.3, 0.4) is 0 Å². The Kier molecular flexibility index (Phi) is 6.43. The summed E-state index contributed by atoms with van der Waals surface area (Å²) in [6.45, 7) is 0. The number of nitrogens with zero attached hydrogens (tertiary/aromatic N) is 4. The van der Waals surface area contributed by atoms with Gasteiger partial charge in [0.25, 0.3) is 0 Å². The third kappa shape index (κ3) is 4.66. The van der Waals surface area contributed by atoms with Gasteiger partial charge in [0, 0.05) is 55.3 Å². The zero-order valence-corrected chi connectivity index (χ0v) is 25.5. The van der Waals surface area contributed by atoms with Gasteiger partial charge < -0.3 is 4.90 Å². The number of hydrogen-bond acceptors (Lipinski definition) is 4. The summed E-state index contributed by atoms with van der Waals surface area (Å²) in [7, 11) is 0. The second-order valence-corrected chi connectivity index (χ2v) is 11.7. The number of benzene rings is 7. The topological polar surface area (TPSA) is 41.9 Å². The van der Waals surface area contributed by atoms with Gasteiger partial charge in [0.1, 0.15) is 0 Å². The van der Waals surface area contributed by atoms with Crippen LogP contribution < -0.4 is 4.90 Å². The van der Waals surface area contributed by atoms with Gasteiger partial charge in [-0.2, -0.15) is 0 Å². The average molecular weight is 601 g/mol. The van der Waals surface area contributed by atoms with Gasteiger partial charge in [-0.05, 0) is 60.7 Å². The highest BCUT2D eigenvalue weighted by Gasteiger charge is 2.20. The van der Waals surface area contributed by atoms with Crippen molar-refractivity contribution in [2.75, 3.05) is 4.90 Å². The van der Waals surface area contributed by atoms with Crippen molar-refractivity contribution in [1.29, 1.82) is 0 Å². The third-order valence-corrected chi connectivity index (χ3v) is 8.79. The molecule has 0 amide bonds. The zero-order chi connectivity index (χ0) is 31.2. The predicted molar refractivity (Wildman–Crippen MR) is 195 cm³/mol. The minimum Gasteiger partial charge on any atom is -0.310 e. The first kappa shape index (κ1) is 27.0. The minimum absolute atomic E-state index is 0.698. The average Bonchev–Trinajstić information content (AvgIpc) is 3.15. The third-order valence-electron chi connectivity index (χ3n) is 8.79. The molecule has 47 heavy (non-hydrogen) atoms. The summed E-state index contributed by atoms with van der Waals surface area (Å²) in [6.07, 6.45) is 0. The van der Waals surface area contributed by atoms with E-state index in [0.29, 0.717) is 5.82 Å². The molecule has 0 saturated heterocycles. The Bertz CT molecular complexity index is 2350. The molecule has 0 bridgehead atoms. The van der Waals surface area contributed by atoms with E-state index in [1.807, 2.05) is 24.3 Å². The monoisotopic (exact) mass is 600 g/mol. The molecule has 0 aliphatic carbocycles. The first-order valence-corrected chi connectivity index (χ1v) is 15.8. The molecule has 0 atom stereocenters. The second kappa shape index (κ2) is 11.2. The van der Waals surface area contributed by atoms with Crippen LogP contribution in [-0.2, 0) is 0 Å². The summed E-state index contributed by atoms with van der Waals surface area (Å²) in [5.41, 5.74) is 10.1. The lowest BCUT2D eigenvalue weighted by molar-refractivity contribution is 1.25. The van der Waals surface area contributed by atoms with Gasteiger partial charge in [-0.25, -0.2) is 15.0 Å². The predicted octanol–water partition coefficient (Wildman–Crippen LogP) is 11.2. The maximum atomic E-state index is 5.29. The van der Waals surface area contributed by atoms with Crippen LogP contribution in [0.25, 0.3) is 66.5 Å². The summed E-state index contributed by atoms with van der Waals surface area (Å²) in [6, 6.07) is 58.8. The quantitative estimate of drug-likeness (QED) is 0.178. The highest BCUT2D eigenvalue weighted by atomic mass is 15.1. The minimum atomic E-state index is 0.698.